The molecule has 0 heterocycles. The van der Waals surface area contributed by atoms with Gasteiger partial charge in [0.15, 0.2) is 0 Å². The third-order valence-electron chi connectivity index (χ3n) is 1.79. The summed E-state index contributed by atoms with van der Waals surface area (Å²) in [4.78, 5) is 10.6. The van der Waals surface area contributed by atoms with Crippen molar-refractivity contribution < 1.29 is 9.53 Å². The van der Waals surface area contributed by atoms with E-state index >= 15 is 0 Å². The Morgan fingerprint density at radius 1 is 1.31 bits per heavy atom. The fourth-order valence-electron chi connectivity index (χ4n) is 1.01. The standard InChI is InChI=1S/C9H20N2O2/c1-2-3-4-5-6-7-13-8-9(12)11-10/h2-8,10H2,1H3,(H,11,12). The number of hydrogen-bond acceptors (Lipinski definition) is 3. The van der Waals surface area contributed by atoms with Crippen molar-refractivity contribution in [1.82, 2.24) is 5.43 Å². The van der Waals surface area contributed by atoms with E-state index in [4.69, 9.17) is 10.6 Å². The Kier molecular flexibility index (Phi) is 9.03. The van der Waals surface area contributed by atoms with E-state index in [-0.39, 0.29) is 12.5 Å². The highest BCUT2D eigenvalue weighted by atomic mass is 16.5. The van der Waals surface area contributed by atoms with Gasteiger partial charge >= 0.3 is 0 Å². The first kappa shape index (κ1) is 12.4. The minimum Gasteiger partial charge on any atom is -0.372 e. The Balaban J connectivity index is 2.95. The lowest BCUT2D eigenvalue weighted by molar-refractivity contribution is -0.125. The second-order valence-electron chi connectivity index (χ2n) is 3.03. The van der Waals surface area contributed by atoms with Gasteiger partial charge in [0.2, 0.25) is 0 Å². The van der Waals surface area contributed by atoms with Gasteiger partial charge < -0.3 is 4.74 Å². The number of hydrogen-bond donors (Lipinski definition) is 2. The lowest BCUT2D eigenvalue weighted by atomic mass is 10.2. The molecule has 0 aliphatic carbocycles. The Labute approximate surface area is 79.8 Å². The number of nitrogens with one attached hydrogen (secondary N) is 1. The van der Waals surface area contributed by atoms with Crippen LogP contribution in [-0.4, -0.2) is 19.1 Å². The van der Waals surface area contributed by atoms with Crippen molar-refractivity contribution in [3.63, 3.8) is 0 Å². The van der Waals surface area contributed by atoms with E-state index in [1.807, 2.05) is 5.43 Å². The third kappa shape index (κ3) is 9.30. The largest absolute Gasteiger partial charge is 0.372 e. The normalized spacial score (nSPS) is 10.0. The first-order valence-electron chi connectivity index (χ1n) is 4.88. The van der Waals surface area contributed by atoms with Crippen LogP contribution in [0.4, 0.5) is 0 Å². The van der Waals surface area contributed by atoms with Crippen LogP contribution in [0.15, 0.2) is 0 Å². The van der Waals surface area contributed by atoms with Crippen LogP contribution < -0.4 is 11.3 Å². The molecule has 0 aromatic heterocycles. The fourth-order valence-corrected chi connectivity index (χ4v) is 1.01. The number of ether oxygens (including phenoxy) is 1. The van der Waals surface area contributed by atoms with Crippen LogP contribution in [0.2, 0.25) is 0 Å². The second kappa shape index (κ2) is 9.48. The molecule has 0 saturated carbocycles. The zero-order valence-corrected chi connectivity index (χ0v) is 8.34. The summed E-state index contributed by atoms with van der Waals surface area (Å²) >= 11 is 0. The smallest absolute Gasteiger partial charge is 0.259 e. The molecule has 0 atom stereocenters. The van der Waals surface area contributed by atoms with E-state index in [1.54, 1.807) is 0 Å². The molecule has 0 bridgehead atoms. The lowest BCUT2D eigenvalue weighted by Gasteiger charge is -2.02. The summed E-state index contributed by atoms with van der Waals surface area (Å²) in [7, 11) is 0. The number of hydrazine groups is 1. The highest BCUT2D eigenvalue weighted by Gasteiger charge is 1.96. The Hall–Kier alpha value is -0.610. The summed E-state index contributed by atoms with van der Waals surface area (Å²) in [6.45, 7) is 2.91. The number of unbranched alkanes of at least 4 members (excludes halogenated alkanes) is 4. The van der Waals surface area contributed by atoms with E-state index in [0.717, 1.165) is 6.42 Å². The van der Waals surface area contributed by atoms with Crippen molar-refractivity contribution >= 4 is 5.91 Å². The SMILES string of the molecule is CCCCCCCOCC(=O)NN. The predicted octanol–water partition coefficient (Wildman–Crippen LogP) is 0.963. The molecule has 0 spiro atoms. The van der Waals surface area contributed by atoms with Crippen LogP contribution in [0.25, 0.3) is 0 Å². The molecule has 0 aromatic carbocycles. The Morgan fingerprint density at radius 3 is 2.62 bits per heavy atom. The monoisotopic (exact) mass is 188 g/mol. The molecule has 0 unspecified atom stereocenters. The van der Waals surface area contributed by atoms with E-state index in [1.165, 1.54) is 25.7 Å². The minimum absolute atomic E-state index is 0.0737. The number of nitrogens with two attached hydrogens (primary N) is 1. The predicted molar refractivity (Wildman–Crippen MR) is 51.9 cm³/mol. The quantitative estimate of drug-likeness (QED) is 0.258. The Morgan fingerprint density at radius 2 is 2.00 bits per heavy atom. The summed E-state index contributed by atoms with van der Waals surface area (Å²) in [6, 6.07) is 0. The lowest BCUT2D eigenvalue weighted by Crippen LogP contribution is -2.33. The molecule has 0 fully saturated rings. The zero-order valence-electron chi connectivity index (χ0n) is 8.34. The topological polar surface area (TPSA) is 64.3 Å². The maximum atomic E-state index is 10.6. The van der Waals surface area contributed by atoms with Crippen molar-refractivity contribution in [1.29, 1.82) is 0 Å². The van der Waals surface area contributed by atoms with Gasteiger partial charge in [0.1, 0.15) is 6.61 Å². The van der Waals surface area contributed by atoms with E-state index < -0.39 is 0 Å². The molecule has 1 amide bonds. The van der Waals surface area contributed by atoms with Crippen LogP contribution >= 0.6 is 0 Å². The van der Waals surface area contributed by atoms with Crippen molar-refractivity contribution in [3.05, 3.63) is 0 Å². The van der Waals surface area contributed by atoms with Gasteiger partial charge in [0.05, 0.1) is 0 Å². The minimum atomic E-state index is -0.270. The zero-order chi connectivity index (χ0) is 9.94. The third-order valence-corrected chi connectivity index (χ3v) is 1.79. The second-order valence-corrected chi connectivity index (χ2v) is 3.03. The molecular weight excluding hydrogens is 168 g/mol. The molecule has 0 aromatic rings. The maximum absolute atomic E-state index is 10.6. The van der Waals surface area contributed by atoms with Crippen molar-refractivity contribution in [2.75, 3.05) is 13.2 Å². The molecule has 4 heteroatoms. The number of rotatable bonds is 8. The molecule has 0 aliphatic heterocycles. The van der Waals surface area contributed by atoms with Crippen LogP contribution in [0.1, 0.15) is 39.0 Å². The van der Waals surface area contributed by atoms with Crippen LogP contribution in [0.5, 0.6) is 0 Å². The van der Waals surface area contributed by atoms with Gasteiger partial charge in [-0.1, -0.05) is 32.6 Å². The number of amides is 1. The first-order chi connectivity index (χ1) is 6.31. The number of carbonyl (C=O) groups excluding carboxylic acids is 1. The van der Waals surface area contributed by atoms with Gasteiger partial charge in [0.25, 0.3) is 5.91 Å². The van der Waals surface area contributed by atoms with Gasteiger partial charge in [-0.25, -0.2) is 5.84 Å². The first-order valence-corrected chi connectivity index (χ1v) is 4.88. The van der Waals surface area contributed by atoms with Gasteiger partial charge in [0, 0.05) is 6.61 Å². The summed E-state index contributed by atoms with van der Waals surface area (Å²) in [5, 5.41) is 0. The molecule has 0 aliphatic rings. The molecule has 13 heavy (non-hydrogen) atoms. The summed E-state index contributed by atoms with van der Waals surface area (Å²) in [5.74, 6) is 4.60. The van der Waals surface area contributed by atoms with Crippen molar-refractivity contribution in [2.24, 2.45) is 5.84 Å². The molecule has 78 valence electrons. The van der Waals surface area contributed by atoms with Gasteiger partial charge in [-0.05, 0) is 6.42 Å². The molecular formula is C9H20N2O2. The molecule has 0 saturated heterocycles. The highest BCUT2D eigenvalue weighted by molar-refractivity contribution is 5.76. The van der Waals surface area contributed by atoms with Crippen molar-refractivity contribution in [2.45, 2.75) is 39.0 Å². The number of carbonyl (C=O) groups is 1. The molecule has 3 N–H and O–H groups in total. The highest BCUT2D eigenvalue weighted by Crippen LogP contribution is 2.01. The van der Waals surface area contributed by atoms with E-state index in [0.29, 0.717) is 6.61 Å². The van der Waals surface area contributed by atoms with Gasteiger partial charge in [-0.3, -0.25) is 10.2 Å². The molecule has 0 radical (unpaired) electrons. The van der Waals surface area contributed by atoms with E-state index in [9.17, 15) is 4.79 Å². The van der Waals surface area contributed by atoms with Gasteiger partial charge in [-0.2, -0.15) is 0 Å². The van der Waals surface area contributed by atoms with Crippen molar-refractivity contribution in [3.8, 4) is 0 Å². The maximum Gasteiger partial charge on any atom is 0.259 e. The van der Waals surface area contributed by atoms with Gasteiger partial charge in [-0.15, -0.1) is 0 Å². The molecule has 0 rings (SSSR count). The summed E-state index contributed by atoms with van der Waals surface area (Å²) in [6.07, 6.45) is 5.98. The summed E-state index contributed by atoms with van der Waals surface area (Å²) in [5.41, 5.74) is 2.01. The van der Waals surface area contributed by atoms with Crippen LogP contribution in [0.3, 0.4) is 0 Å². The average Bonchev–Trinajstić information content (AvgIpc) is 2.16. The van der Waals surface area contributed by atoms with Crippen LogP contribution in [0, 0.1) is 0 Å². The summed E-state index contributed by atoms with van der Waals surface area (Å²) < 4.78 is 5.07. The van der Waals surface area contributed by atoms with Crippen LogP contribution in [-0.2, 0) is 9.53 Å². The average molecular weight is 188 g/mol. The van der Waals surface area contributed by atoms with E-state index in [2.05, 4.69) is 6.92 Å². The fraction of sp³-hybridized carbons (Fsp3) is 0.889. The molecule has 4 nitrogen and oxygen atoms in total. The Bertz CT molecular complexity index is 129.